The summed E-state index contributed by atoms with van der Waals surface area (Å²) in [6.45, 7) is 5.15. The highest BCUT2D eigenvalue weighted by Crippen LogP contribution is 2.29. The number of pyridine rings is 2. The molecule has 0 fully saturated rings. The van der Waals surface area contributed by atoms with Crippen LogP contribution in [0.2, 0.25) is 5.02 Å². The summed E-state index contributed by atoms with van der Waals surface area (Å²) in [5.41, 5.74) is 9.36. The molecule has 2 rings (SSSR count). The maximum atomic E-state index is 6.10. The van der Waals surface area contributed by atoms with Crippen LogP contribution in [-0.4, -0.2) is 16.5 Å². The van der Waals surface area contributed by atoms with Gasteiger partial charge in [0, 0.05) is 24.2 Å². The van der Waals surface area contributed by atoms with Gasteiger partial charge >= 0.3 is 0 Å². The molecule has 2 aromatic heterocycles. The van der Waals surface area contributed by atoms with Crippen LogP contribution in [-0.2, 0) is 6.42 Å². The van der Waals surface area contributed by atoms with Crippen molar-refractivity contribution >= 4 is 17.4 Å². The highest BCUT2D eigenvalue weighted by atomic mass is 35.5. The van der Waals surface area contributed by atoms with Crippen LogP contribution < -0.4 is 11.1 Å². The van der Waals surface area contributed by atoms with Crippen LogP contribution in [0.5, 0.6) is 0 Å². The molecule has 0 spiro atoms. The molecule has 1 atom stereocenters. The van der Waals surface area contributed by atoms with Crippen LogP contribution in [0.4, 0.5) is 5.82 Å². The fourth-order valence-corrected chi connectivity index (χ4v) is 2.55. The molecule has 0 radical (unpaired) electrons. The number of aryl methyl sites for hydroxylation is 1. The summed E-state index contributed by atoms with van der Waals surface area (Å²) in [7, 11) is 0. The van der Waals surface area contributed by atoms with Gasteiger partial charge in [0.25, 0.3) is 0 Å². The lowest BCUT2D eigenvalue weighted by Gasteiger charge is -2.23. The fraction of sp³-hybridized carbons (Fsp3) is 0.375. The predicted molar refractivity (Wildman–Crippen MR) is 87.4 cm³/mol. The van der Waals surface area contributed by atoms with Gasteiger partial charge in [0.15, 0.2) is 0 Å². The summed E-state index contributed by atoms with van der Waals surface area (Å²) in [6, 6.07) is 3.90. The molecule has 21 heavy (non-hydrogen) atoms. The first kappa shape index (κ1) is 15.7. The zero-order valence-corrected chi connectivity index (χ0v) is 13.2. The molecular weight excluding hydrogens is 284 g/mol. The van der Waals surface area contributed by atoms with Gasteiger partial charge in [-0.25, -0.2) is 4.98 Å². The number of rotatable bonds is 6. The molecule has 0 saturated carbocycles. The van der Waals surface area contributed by atoms with Gasteiger partial charge in [-0.15, -0.1) is 0 Å². The third-order valence-electron chi connectivity index (χ3n) is 3.46. The lowest BCUT2D eigenvalue weighted by molar-refractivity contribution is 0.594. The van der Waals surface area contributed by atoms with Gasteiger partial charge in [-0.2, -0.15) is 0 Å². The van der Waals surface area contributed by atoms with Crippen LogP contribution >= 0.6 is 11.6 Å². The molecule has 4 nitrogen and oxygen atoms in total. The Labute approximate surface area is 130 Å². The van der Waals surface area contributed by atoms with E-state index in [2.05, 4.69) is 29.1 Å². The van der Waals surface area contributed by atoms with Crippen LogP contribution in [0, 0.1) is 0 Å². The summed E-state index contributed by atoms with van der Waals surface area (Å²) in [4.78, 5) is 8.39. The number of hydrogen-bond acceptors (Lipinski definition) is 4. The first-order chi connectivity index (χ1) is 10.2. The number of hydrogen-bond donors (Lipinski definition) is 2. The third-order valence-corrected chi connectivity index (χ3v) is 3.67. The monoisotopic (exact) mass is 304 g/mol. The van der Waals surface area contributed by atoms with Gasteiger partial charge in [0.05, 0.1) is 11.1 Å². The van der Waals surface area contributed by atoms with Gasteiger partial charge < -0.3 is 11.1 Å². The van der Waals surface area contributed by atoms with Crippen molar-refractivity contribution in [3.63, 3.8) is 0 Å². The largest absolute Gasteiger partial charge is 0.383 e. The molecule has 5 heteroatoms. The van der Waals surface area contributed by atoms with Crippen LogP contribution in [0.25, 0.3) is 0 Å². The van der Waals surface area contributed by atoms with Crippen molar-refractivity contribution in [3.05, 3.63) is 52.4 Å². The average Bonchev–Trinajstić information content (AvgIpc) is 2.51. The minimum atomic E-state index is -0.0194. The summed E-state index contributed by atoms with van der Waals surface area (Å²) in [6.07, 6.45) is 7.25. The van der Waals surface area contributed by atoms with E-state index in [9.17, 15) is 0 Å². The highest BCUT2D eigenvalue weighted by molar-refractivity contribution is 6.30. The first-order valence-corrected chi connectivity index (χ1v) is 7.62. The zero-order valence-electron chi connectivity index (χ0n) is 12.4. The van der Waals surface area contributed by atoms with E-state index < -0.39 is 0 Å². The van der Waals surface area contributed by atoms with Crippen LogP contribution in [0.1, 0.15) is 43.0 Å². The van der Waals surface area contributed by atoms with E-state index in [1.807, 2.05) is 24.5 Å². The number of halogens is 1. The van der Waals surface area contributed by atoms with Crippen molar-refractivity contribution < 1.29 is 0 Å². The number of nitrogens with two attached hydrogens (primary N) is 1. The van der Waals surface area contributed by atoms with E-state index in [0.717, 1.165) is 24.9 Å². The van der Waals surface area contributed by atoms with Crippen molar-refractivity contribution in [1.82, 2.24) is 15.3 Å². The Morgan fingerprint density at radius 3 is 2.81 bits per heavy atom. The Morgan fingerprint density at radius 1 is 1.29 bits per heavy atom. The summed E-state index contributed by atoms with van der Waals surface area (Å²) in [5.74, 6) is 0.506. The van der Waals surface area contributed by atoms with Crippen molar-refractivity contribution in [3.8, 4) is 0 Å². The number of nitrogens with one attached hydrogen (secondary N) is 1. The SMILES string of the molecule is CCCNC(c1ccncc1CC)c1cc(Cl)cnc1N. The fourth-order valence-electron chi connectivity index (χ4n) is 2.39. The molecule has 0 aliphatic carbocycles. The highest BCUT2D eigenvalue weighted by Gasteiger charge is 2.19. The van der Waals surface area contributed by atoms with Crippen molar-refractivity contribution in [2.45, 2.75) is 32.7 Å². The number of nitrogen functional groups attached to an aromatic ring is 1. The molecule has 3 N–H and O–H groups in total. The van der Waals surface area contributed by atoms with Gasteiger partial charge in [0.1, 0.15) is 5.82 Å². The molecule has 112 valence electrons. The Kier molecular flexibility index (Phi) is 5.53. The minimum absolute atomic E-state index is 0.0194. The number of nitrogens with zero attached hydrogens (tertiary/aromatic N) is 2. The van der Waals surface area contributed by atoms with Gasteiger partial charge in [0.2, 0.25) is 0 Å². The molecular formula is C16H21ClN4. The van der Waals surface area contributed by atoms with E-state index in [4.69, 9.17) is 17.3 Å². The number of anilines is 1. The van der Waals surface area contributed by atoms with Crippen molar-refractivity contribution in [2.75, 3.05) is 12.3 Å². The molecule has 0 saturated heterocycles. The van der Waals surface area contributed by atoms with E-state index in [1.165, 1.54) is 11.1 Å². The average molecular weight is 305 g/mol. The normalized spacial score (nSPS) is 12.3. The van der Waals surface area contributed by atoms with E-state index >= 15 is 0 Å². The molecule has 0 aromatic carbocycles. The molecule has 2 heterocycles. The minimum Gasteiger partial charge on any atom is -0.383 e. The van der Waals surface area contributed by atoms with Crippen LogP contribution in [0.3, 0.4) is 0 Å². The molecule has 2 aromatic rings. The second-order valence-corrected chi connectivity index (χ2v) is 5.38. The van der Waals surface area contributed by atoms with Crippen molar-refractivity contribution in [2.24, 2.45) is 0 Å². The van der Waals surface area contributed by atoms with Crippen LogP contribution in [0.15, 0.2) is 30.7 Å². The van der Waals surface area contributed by atoms with Gasteiger partial charge in [-0.05, 0) is 42.6 Å². The second-order valence-electron chi connectivity index (χ2n) is 4.94. The van der Waals surface area contributed by atoms with E-state index in [-0.39, 0.29) is 6.04 Å². The molecule has 0 aliphatic heterocycles. The van der Waals surface area contributed by atoms with Gasteiger partial charge in [-0.1, -0.05) is 25.4 Å². The van der Waals surface area contributed by atoms with Crippen molar-refractivity contribution in [1.29, 1.82) is 0 Å². The quantitative estimate of drug-likeness (QED) is 0.859. The Balaban J connectivity index is 2.49. The maximum absolute atomic E-state index is 6.10. The lowest BCUT2D eigenvalue weighted by Crippen LogP contribution is -2.25. The maximum Gasteiger partial charge on any atom is 0.128 e. The first-order valence-electron chi connectivity index (χ1n) is 7.24. The van der Waals surface area contributed by atoms with E-state index in [0.29, 0.717) is 10.8 Å². The lowest BCUT2D eigenvalue weighted by atomic mass is 9.95. The molecule has 1 unspecified atom stereocenters. The number of aromatic nitrogens is 2. The Hall–Kier alpha value is -1.65. The Bertz CT molecular complexity index is 601. The van der Waals surface area contributed by atoms with Gasteiger partial charge in [-0.3, -0.25) is 4.98 Å². The smallest absolute Gasteiger partial charge is 0.128 e. The second kappa shape index (κ2) is 7.38. The Morgan fingerprint density at radius 2 is 2.10 bits per heavy atom. The third kappa shape index (κ3) is 3.71. The standard InChI is InChI=1S/C16H21ClN4/c1-3-6-20-15(13-5-7-19-9-11(13)4-2)14-8-12(17)10-21-16(14)18/h5,7-10,15,20H,3-4,6H2,1-2H3,(H2,18,21). The zero-order chi connectivity index (χ0) is 15.2. The summed E-state index contributed by atoms with van der Waals surface area (Å²) < 4.78 is 0. The summed E-state index contributed by atoms with van der Waals surface area (Å²) in [5, 5.41) is 4.13. The summed E-state index contributed by atoms with van der Waals surface area (Å²) >= 11 is 6.10. The molecule has 0 amide bonds. The molecule has 0 aliphatic rings. The topological polar surface area (TPSA) is 63.8 Å². The van der Waals surface area contributed by atoms with E-state index in [1.54, 1.807) is 6.20 Å². The predicted octanol–water partition coefficient (Wildman–Crippen LogP) is 3.36. The molecule has 0 bridgehead atoms.